The molecule has 0 aliphatic carbocycles. The Labute approximate surface area is 165 Å². The van der Waals surface area contributed by atoms with Gasteiger partial charge in [0.25, 0.3) is 5.91 Å². The van der Waals surface area contributed by atoms with Crippen LogP contribution in [-0.2, 0) is 11.3 Å². The van der Waals surface area contributed by atoms with Gasteiger partial charge < -0.3 is 20.5 Å². The van der Waals surface area contributed by atoms with Crippen LogP contribution in [0.3, 0.4) is 0 Å². The number of carbonyl (C=O) groups excluding carboxylic acids is 2. The van der Waals surface area contributed by atoms with Gasteiger partial charge in [0.05, 0.1) is 6.10 Å². The van der Waals surface area contributed by atoms with Crippen LogP contribution in [0, 0.1) is 0 Å². The predicted molar refractivity (Wildman–Crippen MR) is 107 cm³/mol. The zero-order valence-corrected chi connectivity index (χ0v) is 16.7. The minimum absolute atomic E-state index is 0.136. The summed E-state index contributed by atoms with van der Waals surface area (Å²) in [5.41, 5.74) is 1.93. The maximum absolute atomic E-state index is 12.5. The fraction of sp³-hybridized carbons (Fsp3) is 0.381. The fourth-order valence-electron chi connectivity index (χ4n) is 2.55. The first-order chi connectivity index (χ1) is 13.2. The quantitative estimate of drug-likeness (QED) is 0.710. The van der Waals surface area contributed by atoms with Crippen LogP contribution in [0.2, 0.25) is 0 Å². The lowest BCUT2D eigenvalue weighted by Crippen LogP contribution is -2.32. The molecular weight excluding hydrogens is 358 g/mol. The minimum Gasteiger partial charge on any atom is -0.444 e. The van der Waals surface area contributed by atoms with Gasteiger partial charge >= 0.3 is 6.09 Å². The molecule has 1 atom stereocenters. The number of rotatable bonds is 6. The highest BCUT2D eigenvalue weighted by atomic mass is 16.6. The van der Waals surface area contributed by atoms with E-state index in [0.717, 1.165) is 11.1 Å². The summed E-state index contributed by atoms with van der Waals surface area (Å²) in [4.78, 5) is 28.7. The Morgan fingerprint density at radius 3 is 2.46 bits per heavy atom. The maximum atomic E-state index is 12.5. The Hall–Kier alpha value is -2.93. The molecule has 0 saturated carbocycles. The van der Waals surface area contributed by atoms with E-state index in [9.17, 15) is 14.7 Å². The number of ether oxygens (including phenoxy) is 1. The summed E-state index contributed by atoms with van der Waals surface area (Å²) >= 11 is 0. The average Bonchev–Trinajstić information content (AvgIpc) is 2.63. The smallest absolute Gasteiger partial charge is 0.407 e. The second-order valence-corrected chi connectivity index (χ2v) is 7.47. The second-order valence-electron chi connectivity index (χ2n) is 7.47. The number of aliphatic hydroxyl groups is 1. The summed E-state index contributed by atoms with van der Waals surface area (Å²) in [7, 11) is 0. The molecule has 2 rings (SSSR count). The van der Waals surface area contributed by atoms with E-state index in [0.29, 0.717) is 5.56 Å². The van der Waals surface area contributed by atoms with Gasteiger partial charge in [-0.3, -0.25) is 9.78 Å². The van der Waals surface area contributed by atoms with Gasteiger partial charge in [-0.1, -0.05) is 30.3 Å². The number of pyridine rings is 1. The van der Waals surface area contributed by atoms with Gasteiger partial charge in [-0.15, -0.1) is 0 Å². The minimum atomic E-state index is -0.651. The molecule has 0 spiro atoms. The molecule has 2 amide bonds. The maximum Gasteiger partial charge on any atom is 0.407 e. The van der Waals surface area contributed by atoms with Crippen LogP contribution in [-0.4, -0.2) is 40.3 Å². The summed E-state index contributed by atoms with van der Waals surface area (Å²) in [5.74, 6) is -0.369. The zero-order valence-electron chi connectivity index (χ0n) is 16.7. The van der Waals surface area contributed by atoms with Crippen LogP contribution in [0.4, 0.5) is 4.79 Å². The largest absolute Gasteiger partial charge is 0.444 e. The summed E-state index contributed by atoms with van der Waals surface area (Å²) in [5, 5.41) is 14.8. The number of alkyl carbamates (subject to hydrolysis) is 1. The molecule has 0 unspecified atom stereocenters. The highest BCUT2D eigenvalue weighted by Crippen LogP contribution is 2.26. The van der Waals surface area contributed by atoms with Crippen LogP contribution in [0.5, 0.6) is 0 Å². The summed E-state index contributed by atoms with van der Waals surface area (Å²) < 4.78 is 5.27. The molecule has 150 valence electrons. The number of hydrogen-bond donors (Lipinski definition) is 3. The lowest BCUT2D eigenvalue weighted by molar-refractivity contribution is 0.0523. The molecule has 1 aromatic carbocycles. The van der Waals surface area contributed by atoms with E-state index < -0.39 is 17.8 Å². The number of carbonyl (C=O) groups is 2. The van der Waals surface area contributed by atoms with Gasteiger partial charge in [-0.2, -0.15) is 0 Å². The number of nitrogens with one attached hydrogen (secondary N) is 2. The summed E-state index contributed by atoms with van der Waals surface area (Å²) in [6, 6.07) is 11.0. The molecule has 0 aliphatic rings. The van der Waals surface area contributed by atoms with Gasteiger partial charge in [-0.05, 0) is 44.9 Å². The standard InChI is InChI=1S/C21H27N3O4/c1-14(25)12-23-19(26)18-17(10-7-11-22-18)16-9-6-5-8-15(16)13-24-20(27)28-21(2,3)4/h5-11,14,25H,12-13H2,1-4H3,(H,23,26)(H,24,27)/t14-/m0/s1. The van der Waals surface area contributed by atoms with Crippen molar-refractivity contribution in [3.05, 3.63) is 53.9 Å². The van der Waals surface area contributed by atoms with Crippen molar-refractivity contribution in [3.63, 3.8) is 0 Å². The van der Waals surface area contributed by atoms with Gasteiger partial charge in [0.2, 0.25) is 0 Å². The molecule has 0 fully saturated rings. The van der Waals surface area contributed by atoms with E-state index >= 15 is 0 Å². The molecule has 1 heterocycles. The van der Waals surface area contributed by atoms with Crippen molar-refractivity contribution in [2.75, 3.05) is 6.54 Å². The van der Waals surface area contributed by atoms with Gasteiger partial charge in [0, 0.05) is 24.8 Å². The first kappa shape index (κ1) is 21.4. The third kappa shape index (κ3) is 6.35. The third-order valence-corrected chi connectivity index (χ3v) is 3.71. The number of nitrogens with zero attached hydrogens (tertiary/aromatic N) is 1. The first-order valence-corrected chi connectivity index (χ1v) is 9.14. The van der Waals surface area contributed by atoms with E-state index in [4.69, 9.17) is 4.74 Å². The van der Waals surface area contributed by atoms with Crippen molar-refractivity contribution in [2.24, 2.45) is 0 Å². The number of benzene rings is 1. The van der Waals surface area contributed by atoms with Gasteiger partial charge in [0.15, 0.2) is 0 Å². The molecule has 7 heteroatoms. The van der Waals surface area contributed by atoms with E-state index in [1.807, 2.05) is 24.3 Å². The van der Waals surface area contributed by atoms with E-state index in [1.165, 1.54) is 0 Å². The molecule has 2 aromatic rings. The zero-order chi connectivity index (χ0) is 20.7. The third-order valence-electron chi connectivity index (χ3n) is 3.71. The van der Waals surface area contributed by atoms with Crippen LogP contribution in [0.15, 0.2) is 42.6 Å². The Bertz CT molecular complexity index is 828. The molecule has 0 bridgehead atoms. The van der Waals surface area contributed by atoms with Gasteiger partial charge in [-0.25, -0.2) is 4.79 Å². The van der Waals surface area contributed by atoms with Crippen molar-refractivity contribution in [1.82, 2.24) is 15.6 Å². The Morgan fingerprint density at radius 2 is 1.79 bits per heavy atom. The van der Waals surface area contributed by atoms with Crippen molar-refractivity contribution in [2.45, 2.75) is 45.9 Å². The Morgan fingerprint density at radius 1 is 1.11 bits per heavy atom. The van der Waals surface area contributed by atoms with E-state index in [1.54, 1.807) is 46.0 Å². The first-order valence-electron chi connectivity index (χ1n) is 9.14. The number of aromatic nitrogens is 1. The summed E-state index contributed by atoms with van der Waals surface area (Å²) in [6.45, 7) is 7.37. The number of amides is 2. The highest BCUT2D eigenvalue weighted by Gasteiger charge is 2.18. The number of aliphatic hydroxyl groups excluding tert-OH is 1. The van der Waals surface area contributed by atoms with Crippen molar-refractivity contribution < 1.29 is 19.4 Å². The topological polar surface area (TPSA) is 101 Å². The molecule has 0 aliphatic heterocycles. The molecular formula is C21H27N3O4. The van der Waals surface area contributed by atoms with Crippen LogP contribution >= 0.6 is 0 Å². The normalized spacial score (nSPS) is 12.2. The van der Waals surface area contributed by atoms with E-state index in [2.05, 4.69) is 15.6 Å². The lowest BCUT2D eigenvalue weighted by Gasteiger charge is -2.20. The average molecular weight is 385 g/mol. The Balaban J connectivity index is 2.25. The lowest BCUT2D eigenvalue weighted by atomic mass is 9.98. The van der Waals surface area contributed by atoms with Gasteiger partial charge in [0.1, 0.15) is 11.3 Å². The highest BCUT2D eigenvalue weighted by molar-refractivity contribution is 5.99. The Kier molecular flexibility index (Phi) is 7.12. The molecule has 7 nitrogen and oxygen atoms in total. The van der Waals surface area contributed by atoms with Crippen LogP contribution in [0.25, 0.3) is 11.1 Å². The van der Waals surface area contributed by atoms with Crippen LogP contribution < -0.4 is 10.6 Å². The molecule has 1 aromatic heterocycles. The number of hydrogen-bond acceptors (Lipinski definition) is 5. The van der Waals surface area contributed by atoms with E-state index in [-0.39, 0.29) is 24.7 Å². The molecule has 0 saturated heterocycles. The van der Waals surface area contributed by atoms with Crippen molar-refractivity contribution >= 4 is 12.0 Å². The van der Waals surface area contributed by atoms with Crippen molar-refractivity contribution in [1.29, 1.82) is 0 Å². The SMILES string of the molecule is C[C@H](O)CNC(=O)c1ncccc1-c1ccccc1CNC(=O)OC(C)(C)C. The predicted octanol–water partition coefficient (Wildman–Crippen LogP) is 2.88. The molecule has 3 N–H and O–H groups in total. The molecule has 28 heavy (non-hydrogen) atoms. The fourth-order valence-corrected chi connectivity index (χ4v) is 2.55. The van der Waals surface area contributed by atoms with Crippen molar-refractivity contribution in [3.8, 4) is 11.1 Å². The summed E-state index contributed by atoms with van der Waals surface area (Å²) in [6.07, 6.45) is 0.382. The van der Waals surface area contributed by atoms with Crippen LogP contribution in [0.1, 0.15) is 43.7 Å². The monoisotopic (exact) mass is 385 g/mol. The molecule has 0 radical (unpaired) electrons. The second kappa shape index (κ2) is 9.32.